The average Bonchev–Trinajstić information content (AvgIpc) is 3.60. The van der Waals surface area contributed by atoms with Crippen LogP contribution in [0.4, 0.5) is 16.3 Å². The molecule has 1 aliphatic heterocycles. The van der Waals surface area contributed by atoms with Crippen LogP contribution < -0.4 is 25.0 Å². The zero-order valence-corrected chi connectivity index (χ0v) is 27.5. The lowest BCUT2D eigenvalue weighted by Crippen LogP contribution is -2.57. The van der Waals surface area contributed by atoms with Crippen molar-refractivity contribution in [3.63, 3.8) is 0 Å². The Morgan fingerprint density at radius 2 is 1.85 bits per heavy atom. The van der Waals surface area contributed by atoms with Crippen molar-refractivity contribution in [1.82, 2.24) is 29.7 Å². The summed E-state index contributed by atoms with van der Waals surface area (Å²) < 4.78 is 12.6. The van der Waals surface area contributed by atoms with Crippen molar-refractivity contribution >= 4 is 46.6 Å². The number of piperazine rings is 1. The first-order valence-corrected chi connectivity index (χ1v) is 15.5. The lowest BCUT2D eigenvalue weighted by molar-refractivity contribution is -0.121. The van der Waals surface area contributed by atoms with E-state index in [1.807, 2.05) is 12.1 Å². The largest absolute Gasteiger partial charge is 0.497 e. The van der Waals surface area contributed by atoms with Gasteiger partial charge < -0.3 is 29.9 Å². The van der Waals surface area contributed by atoms with Crippen LogP contribution in [0, 0.1) is 0 Å². The summed E-state index contributed by atoms with van der Waals surface area (Å²) in [6, 6.07) is 11.6. The molecule has 1 fully saturated rings. The molecule has 0 radical (unpaired) electrons. The van der Waals surface area contributed by atoms with Gasteiger partial charge in [0.1, 0.15) is 23.6 Å². The molecule has 46 heavy (non-hydrogen) atoms. The van der Waals surface area contributed by atoms with Crippen LogP contribution in [0.3, 0.4) is 0 Å². The number of hydrogen-bond donors (Lipinski definition) is 2. The number of benzene rings is 2. The van der Waals surface area contributed by atoms with Gasteiger partial charge in [0.15, 0.2) is 0 Å². The van der Waals surface area contributed by atoms with Crippen molar-refractivity contribution in [2.45, 2.75) is 38.8 Å². The first-order valence-electron chi connectivity index (χ1n) is 14.8. The topological polar surface area (TPSA) is 127 Å². The van der Waals surface area contributed by atoms with Gasteiger partial charge in [0.05, 0.1) is 36.0 Å². The van der Waals surface area contributed by atoms with Gasteiger partial charge >= 0.3 is 6.03 Å². The summed E-state index contributed by atoms with van der Waals surface area (Å²) >= 11 is 12.2. The van der Waals surface area contributed by atoms with Gasteiger partial charge in [0, 0.05) is 62.3 Å². The number of imidazole rings is 1. The molecule has 12 nitrogen and oxygen atoms in total. The second-order valence-corrected chi connectivity index (χ2v) is 11.9. The van der Waals surface area contributed by atoms with E-state index in [0.29, 0.717) is 52.1 Å². The van der Waals surface area contributed by atoms with Crippen molar-refractivity contribution in [2.75, 3.05) is 44.1 Å². The second kappa shape index (κ2) is 14.7. The van der Waals surface area contributed by atoms with Crippen LogP contribution in [0.1, 0.15) is 37.4 Å². The summed E-state index contributed by atoms with van der Waals surface area (Å²) in [4.78, 5) is 44.4. The van der Waals surface area contributed by atoms with Crippen molar-refractivity contribution in [2.24, 2.45) is 0 Å². The van der Waals surface area contributed by atoms with Crippen LogP contribution in [0.25, 0.3) is 5.95 Å². The third kappa shape index (κ3) is 7.80. The molecular weight excluding hydrogens is 631 g/mol. The zero-order chi connectivity index (χ0) is 32.8. The van der Waals surface area contributed by atoms with Crippen LogP contribution >= 0.6 is 23.2 Å². The Kier molecular flexibility index (Phi) is 10.5. The second-order valence-electron chi connectivity index (χ2n) is 11.1. The summed E-state index contributed by atoms with van der Waals surface area (Å²) in [7, 11) is 3.16. The molecule has 0 saturated carbocycles. The lowest BCUT2D eigenvalue weighted by Gasteiger charge is -2.42. The molecule has 14 heteroatoms. The number of amides is 3. The van der Waals surface area contributed by atoms with Gasteiger partial charge in [0.2, 0.25) is 11.9 Å². The van der Waals surface area contributed by atoms with E-state index in [4.69, 9.17) is 42.6 Å². The van der Waals surface area contributed by atoms with E-state index in [1.54, 1.807) is 72.7 Å². The van der Waals surface area contributed by atoms with E-state index < -0.39 is 6.04 Å². The van der Waals surface area contributed by atoms with Crippen LogP contribution in [0.15, 0.2) is 61.2 Å². The van der Waals surface area contributed by atoms with E-state index in [2.05, 4.69) is 34.4 Å². The van der Waals surface area contributed by atoms with Crippen molar-refractivity contribution < 1.29 is 19.1 Å². The smallest absolute Gasteiger partial charge is 0.321 e. The van der Waals surface area contributed by atoms with E-state index in [1.165, 1.54) is 0 Å². The quantitative estimate of drug-likeness (QED) is 0.226. The molecule has 5 rings (SSSR count). The number of urea groups is 1. The summed E-state index contributed by atoms with van der Waals surface area (Å²) in [6.45, 7) is 5.47. The monoisotopic (exact) mass is 666 g/mol. The molecule has 2 N–H and O–H groups in total. The van der Waals surface area contributed by atoms with Crippen LogP contribution in [0.5, 0.6) is 11.5 Å². The van der Waals surface area contributed by atoms with Crippen molar-refractivity contribution in [1.29, 1.82) is 0 Å². The number of methoxy groups -OCH3 is 2. The summed E-state index contributed by atoms with van der Waals surface area (Å²) in [5.41, 5.74) is 2.15. The number of aromatic nitrogens is 4. The van der Waals surface area contributed by atoms with Crippen molar-refractivity contribution in [3.05, 3.63) is 82.5 Å². The van der Waals surface area contributed by atoms with Gasteiger partial charge in [-0.2, -0.15) is 4.98 Å². The molecular formula is C32H36Cl2N8O4. The number of halogens is 2. The Morgan fingerprint density at radius 1 is 1.02 bits per heavy atom. The van der Waals surface area contributed by atoms with Gasteiger partial charge in [-0.25, -0.2) is 14.8 Å². The van der Waals surface area contributed by atoms with E-state index in [0.717, 1.165) is 11.3 Å². The number of carbonyl (C=O) groups excluding carboxylic acids is 2. The minimum atomic E-state index is -0.397. The van der Waals surface area contributed by atoms with Gasteiger partial charge in [-0.05, 0) is 42.3 Å². The van der Waals surface area contributed by atoms with E-state index in [-0.39, 0.29) is 37.4 Å². The third-order valence-corrected chi connectivity index (χ3v) is 8.41. The van der Waals surface area contributed by atoms with E-state index >= 15 is 0 Å². The Morgan fingerprint density at radius 3 is 2.54 bits per heavy atom. The zero-order valence-electron chi connectivity index (χ0n) is 26.0. The van der Waals surface area contributed by atoms with Gasteiger partial charge in [0.25, 0.3) is 0 Å². The highest BCUT2D eigenvalue weighted by atomic mass is 35.5. The van der Waals surface area contributed by atoms with Crippen LogP contribution in [-0.2, 0) is 11.3 Å². The first-order chi connectivity index (χ1) is 22.1. The Bertz CT molecular complexity index is 1680. The highest BCUT2D eigenvalue weighted by Crippen LogP contribution is 2.28. The predicted molar refractivity (Wildman–Crippen MR) is 177 cm³/mol. The highest BCUT2D eigenvalue weighted by molar-refractivity contribution is 6.42. The molecule has 242 valence electrons. The van der Waals surface area contributed by atoms with Crippen LogP contribution in [0.2, 0.25) is 10.0 Å². The highest BCUT2D eigenvalue weighted by Gasteiger charge is 2.33. The fraction of sp³-hybridized carbons (Fsp3) is 0.344. The Labute approximate surface area is 277 Å². The molecule has 0 bridgehead atoms. The summed E-state index contributed by atoms with van der Waals surface area (Å²) in [5.74, 6) is 2.37. The molecule has 0 spiro atoms. The Balaban J connectivity index is 1.39. The van der Waals surface area contributed by atoms with Gasteiger partial charge in [-0.1, -0.05) is 37.0 Å². The first kappa shape index (κ1) is 32.8. The maximum absolute atomic E-state index is 13.5. The number of hydrogen-bond acceptors (Lipinski definition) is 8. The predicted octanol–water partition coefficient (Wildman–Crippen LogP) is 5.54. The minimum Gasteiger partial charge on any atom is -0.497 e. The molecule has 1 saturated heterocycles. The van der Waals surface area contributed by atoms with E-state index in [9.17, 15) is 9.59 Å². The molecule has 3 heterocycles. The normalized spacial score (nSPS) is 14.7. The number of ether oxygens (including phenoxy) is 2. The molecule has 2 aromatic heterocycles. The molecule has 4 aromatic rings. The standard InChI is InChI=1S/C32H36Cl2N8O4/c1-20(2)27-16-29(39-31(38-27)41-10-9-35-19-41)42-12-11-40(32(44)37-22-5-7-25(33)26(34)14-22)18-23(42)15-30(43)36-17-21-13-24(45-3)6-8-28(21)46-4/h5-10,13-14,16,19-20,23H,11-12,15,17-18H2,1-4H3,(H,36,43)(H,37,44). The number of anilines is 2. The lowest BCUT2D eigenvalue weighted by atomic mass is 10.1. The number of nitrogens with zero attached hydrogens (tertiary/aromatic N) is 6. The van der Waals surface area contributed by atoms with Crippen LogP contribution in [-0.4, -0.2) is 76.3 Å². The Hall–Kier alpha value is -4.55. The third-order valence-electron chi connectivity index (χ3n) is 7.67. The molecule has 1 atom stereocenters. The number of carbonyl (C=O) groups is 2. The molecule has 1 unspecified atom stereocenters. The SMILES string of the molecule is COc1ccc(OC)c(CNC(=O)CC2CN(C(=O)Nc3ccc(Cl)c(Cl)c3)CCN2c2cc(C(C)C)nc(-n3ccnc3)n2)c1. The number of nitrogens with one attached hydrogen (secondary N) is 2. The van der Waals surface area contributed by atoms with Gasteiger partial charge in [-0.3, -0.25) is 9.36 Å². The summed E-state index contributed by atoms with van der Waals surface area (Å²) in [5, 5.41) is 6.64. The molecule has 0 aliphatic carbocycles. The maximum Gasteiger partial charge on any atom is 0.321 e. The maximum atomic E-state index is 13.5. The number of rotatable bonds is 10. The fourth-order valence-electron chi connectivity index (χ4n) is 5.17. The minimum absolute atomic E-state index is 0.101. The summed E-state index contributed by atoms with van der Waals surface area (Å²) in [6.07, 6.45) is 5.20. The molecule has 3 amide bonds. The van der Waals surface area contributed by atoms with Gasteiger partial charge in [-0.15, -0.1) is 0 Å². The fourth-order valence-corrected chi connectivity index (χ4v) is 5.47. The average molecular weight is 668 g/mol. The molecule has 2 aromatic carbocycles. The van der Waals surface area contributed by atoms with Crippen molar-refractivity contribution in [3.8, 4) is 17.4 Å². The molecule has 1 aliphatic rings.